The average molecular weight is 775 g/mol. The number of benzene rings is 2. The lowest BCUT2D eigenvalue weighted by Gasteiger charge is -2.37. The fourth-order valence-electron chi connectivity index (χ4n) is 6.31. The van der Waals surface area contributed by atoms with Gasteiger partial charge in [0.05, 0.1) is 5.92 Å². The molecule has 0 spiro atoms. The Balaban J connectivity index is 1.63. The van der Waals surface area contributed by atoms with E-state index in [4.69, 9.17) is 22.9 Å². The highest BCUT2D eigenvalue weighted by Gasteiger charge is 2.71. The fourth-order valence-corrected chi connectivity index (χ4v) is 7.03. The Morgan fingerprint density at radius 2 is 1.45 bits per heavy atom. The van der Waals surface area contributed by atoms with Crippen molar-refractivity contribution in [1.29, 1.82) is 0 Å². The van der Waals surface area contributed by atoms with E-state index in [2.05, 4.69) is 57.1 Å². The number of carbonyl (C=O) groups is 2. The summed E-state index contributed by atoms with van der Waals surface area (Å²) in [5, 5.41) is 29.7. The molecule has 0 radical (unpaired) electrons. The number of fused-ring (bicyclic) bond motifs is 2. The minimum atomic E-state index is -2.51. The molecule has 5 rings (SSSR count). The van der Waals surface area contributed by atoms with E-state index in [1.54, 1.807) is 24.5 Å². The van der Waals surface area contributed by atoms with E-state index < -0.39 is 29.1 Å². The van der Waals surface area contributed by atoms with Gasteiger partial charge in [-0.2, -0.15) is 0 Å². The number of nitrogens with one attached hydrogen (secondary N) is 3. The second-order valence-corrected chi connectivity index (χ2v) is 13.3. The van der Waals surface area contributed by atoms with E-state index >= 15 is 0 Å². The zero-order valence-electron chi connectivity index (χ0n) is 25.5. The summed E-state index contributed by atoms with van der Waals surface area (Å²) in [5.74, 6) is -3.19. The van der Waals surface area contributed by atoms with Crippen LogP contribution in [-0.2, 0) is 15.2 Å². The number of nitrogens with two attached hydrogens (primary N) is 4. The third-order valence-corrected chi connectivity index (χ3v) is 9.41. The molecule has 2 aromatic heterocycles. The summed E-state index contributed by atoms with van der Waals surface area (Å²) in [7, 11) is 0. The molecule has 14 nitrogen and oxygen atoms in total. The van der Waals surface area contributed by atoms with Crippen LogP contribution in [0.3, 0.4) is 0 Å². The summed E-state index contributed by atoms with van der Waals surface area (Å²) in [5.41, 5.74) is 18.8. The lowest BCUT2D eigenvalue weighted by atomic mass is 9.74. The molecule has 1 aliphatic rings. The SMILES string of the molecule is NC(N)=NCCCCNC(=O)[C@]1(O)[C@H](c2c[nH]c3cc(Br)ccc23)[C@@](O)(c2c[nH]c3cc(Br)ccc23)C(=O)N1CCCCN=C(N)N. The molecule has 3 heterocycles. The Morgan fingerprint density at radius 1 is 0.872 bits per heavy atom. The Kier molecular flexibility index (Phi) is 10.1. The van der Waals surface area contributed by atoms with Crippen LogP contribution < -0.4 is 28.3 Å². The van der Waals surface area contributed by atoms with Crippen LogP contribution in [0.4, 0.5) is 0 Å². The number of carbonyl (C=O) groups excluding carboxylic acids is 2. The van der Waals surface area contributed by atoms with Crippen molar-refractivity contribution in [2.24, 2.45) is 32.9 Å². The highest BCUT2D eigenvalue weighted by atomic mass is 79.9. The van der Waals surface area contributed by atoms with Gasteiger partial charge in [0.15, 0.2) is 17.5 Å². The maximum absolute atomic E-state index is 14.7. The van der Waals surface area contributed by atoms with Gasteiger partial charge in [-0.3, -0.25) is 19.6 Å². The molecule has 47 heavy (non-hydrogen) atoms. The number of unbranched alkanes of at least 4 members (excludes halogenated alkanes) is 2. The van der Waals surface area contributed by atoms with Crippen LogP contribution in [0.15, 0.2) is 67.7 Å². The molecule has 250 valence electrons. The van der Waals surface area contributed by atoms with Crippen LogP contribution in [0, 0.1) is 0 Å². The average Bonchev–Trinajstić information content (AvgIpc) is 3.67. The van der Waals surface area contributed by atoms with Gasteiger partial charge in [-0.15, -0.1) is 0 Å². The highest BCUT2D eigenvalue weighted by Crippen LogP contribution is 2.55. The lowest BCUT2D eigenvalue weighted by Crippen LogP contribution is -2.59. The van der Waals surface area contributed by atoms with Crippen molar-refractivity contribution < 1.29 is 19.8 Å². The van der Waals surface area contributed by atoms with Gasteiger partial charge < -0.3 is 53.3 Å². The number of aromatic nitrogens is 2. The van der Waals surface area contributed by atoms with Gasteiger partial charge in [-0.1, -0.05) is 44.0 Å². The van der Waals surface area contributed by atoms with Gasteiger partial charge in [0.2, 0.25) is 5.72 Å². The van der Waals surface area contributed by atoms with Gasteiger partial charge in [0.1, 0.15) is 0 Å². The number of hydrogen-bond donors (Lipinski definition) is 9. The normalized spacial score (nSPS) is 21.0. The van der Waals surface area contributed by atoms with Crippen LogP contribution in [0.2, 0.25) is 0 Å². The maximum atomic E-state index is 14.7. The van der Waals surface area contributed by atoms with Crippen LogP contribution in [0.25, 0.3) is 21.8 Å². The van der Waals surface area contributed by atoms with Crippen LogP contribution in [0.1, 0.15) is 42.7 Å². The Morgan fingerprint density at radius 3 is 2.09 bits per heavy atom. The summed E-state index contributed by atoms with van der Waals surface area (Å²) >= 11 is 6.95. The lowest BCUT2D eigenvalue weighted by molar-refractivity contribution is -0.167. The number of aliphatic imine (C=N–C) groups is 2. The van der Waals surface area contributed by atoms with Crippen LogP contribution in [0.5, 0.6) is 0 Å². The monoisotopic (exact) mass is 772 g/mol. The van der Waals surface area contributed by atoms with E-state index in [1.165, 1.54) is 0 Å². The standard InChI is InChI=1S/C31H38Br2N10O4/c32-17-5-7-19-21(15-41-23(19)13-17)25-30(46,22-16-42-24-14-18(33)6-8-20(22)24)27(45)43(12-4-3-11-40-29(36)37)31(25,47)26(44)38-9-1-2-10-39-28(34)35/h5-8,13-16,25,41-42,46-47H,1-4,9-12H2,(H,38,44)(H4,34,35,39)(H4,36,37,40)/t25-,30+,31-/m1/s1. The maximum Gasteiger partial charge on any atom is 0.274 e. The Bertz CT molecular complexity index is 1850. The molecule has 2 aromatic carbocycles. The summed E-state index contributed by atoms with van der Waals surface area (Å²) in [6.07, 6.45) is 5.04. The predicted octanol–water partition coefficient (Wildman–Crippen LogP) is 1.90. The van der Waals surface area contributed by atoms with E-state index in [1.807, 2.05) is 24.3 Å². The van der Waals surface area contributed by atoms with Crippen LogP contribution >= 0.6 is 31.9 Å². The van der Waals surface area contributed by atoms with Crippen molar-refractivity contribution in [1.82, 2.24) is 20.2 Å². The second-order valence-electron chi connectivity index (χ2n) is 11.5. The first kappa shape index (κ1) is 34.2. The number of halogens is 2. The topological polar surface area (TPSA) is 250 Å². The van der Waals surface area contributed by atoms with Gasteiger partial charge in [-0.25, -0.2) is 0 Å². The van der Waals surface area contributed by atoms with Crippen molar-refractivity contribution in [2.75, 3.05) is 26.2 Å². The molecule has 4 aromatic rings. The zero-order valence-corrected chi connectivity index (χ0v) is 28.6. The van der Waals surface area contributed by atoms with Crippen LogP contribution in [-0.4, -0.2) is 80.7 Å². The molecule has 1 aliphatic heterocycles. The van der Waals surface area contributed by atoms with E-state index in [-0.39, 0.29) is 37.1 Å². The number of guanidine groups is 2. The largest absolute Gasteiger partial charge is 0.375 e. The number of aromatic amines is 2. The number of H-pyrrole nitrogens is 2. The molecule has 0 bridgehead atoms. The van der Waals surface area contributed by atoms with Crippen molar-refractivity contribution in [3.63, 3.8) is 0 Å². The number of nitrogens with zero attached hydrogens (tertiary/aromatic N) is 3. The zero-order chi connectivity index (χ0) is 33.9. The van der Waals surface area contributed by atoms with E-state index in [9.17, 15) is 19.8 Å². The number of aliphatic hydroxyl groups is 2. The number of likely N-dealkylation sites (tertiary alicyclic amines) is 1. The van der Waals surface area contributed by atoms with Crippen molar-refractivity contribution in [2.45, 2.75) is 42.9 Å². The molecule has 13 N–H and O–H groups in total. The molecule has 1 fully saturated rings. The van der Waals surface area contributed by atoms with Crippen molar-refractivity contribution in [3.05, 3.63) is 68.9 Å². The molecule has 1 saturated heterocycles. The number of rotatable bonds is 13. The van der Waals surface area contributed by atoms with Gasteiger partial charge >= 0.3 is 0 Å². The minimum Gasteiger partial charge on any atom is -0.375 e. The highest BCUT2D eigenvalue weighted by molar-refractivity contribution is 9.10. The first-order valence-corrected chi connectivity index (χ1v) is 16.7. The quantitative estimate of drug-likeness (QED) is 0.0550. The molecule has 0 unspecified atom stereocenters. The van der Waals surface area contributed by atoms with Crippen molar-refractivity contribution in [3.8, 4) is 0 Å². The smallest absolute Gasteiger partial charge is 0.274 e. The summed E-state index contributed by atoms with van der Waals surface area (Å²) < 4.78 is 1.59. The molecule has 0 saturated carbocycles. The van der Waals surface area contributed by atoms with Gasteiger partial charge in [0, 0.05) is 74.9 Å². The summed E-state index contributed by atoms with van der Waals surface area (Å²) in [6, 6.07) is 10.9. The summed E-state index contributed by atoms with van der Waals surface area (Å²) in [4.78, 5) is 44.3. The third-order valence-electron chi connectivity index (χ3n) is 8.43. The number of amides is 2. The summed E-state index contributed by atoms with van der Waals surface area (Å²) in [6.45, 7) is 0.759. The first-order chi connectivity index (χ1) is 22.4. The van der Waals surface area contributed by atoms with E-state index in [0.717, 1.165) is 13.8 Å². The van der Waals surface area contributed by atoms with Gasteiger partial charge in [-0.05, 0) is 55.5 Å². The fraction of sp³-hybridized carbons (Fsp3) is 0.355. The minimum absolute atomic E-state index is 0.0270. The Labute approximate surface area is 287 Å². The first-order valence-electron chi connectivity index (χ1n) is 15.1. The predicted molar refractivity (Wildman–Crippen MR) is 188 cm³/mol. The molecular formula is C31H38Br2N10O4. The molecule has 3 atom stereocenters. The third kappa shape index (κ3) is 6.54. The molecular weight excluding hydrogens is 736 g/mol. The molecule has 2 amide bonds. The van der Waals surface area contributed by atoms with Gasteiger partial charge in [0.25, 0.3) is 11.8 Å². The molecule has 16 heteroatoms. The number of hydrogen-bond acceptors (Lipinski definition) is 6. The second kappa shape index (κ2) is 13.9. The Hall–Kier alpha value is -4.12. The van der Waals surface area contributed by atoms with Crippen molar-refractivity contribution >= 4 is 77.4 Å². The molecule has 0 aliphatic carbocycles. The van der Waals surface area contributed by atoms with E-state index in [0.29, 0.717) is 59.6 Å².